The molecule has 30 heavy (non-hydrogen) atoms. The summed E-state index contributed by atoms with van der Waals surface area (Å²) in [6.45, 7) is 0. The molecule has 2 aliphatic rings. The Hall–Kier alpha value is -2.27. The highest BCUT2D eigenvalue weighted by Crippen LogP contribution is 2.32. The van der Waals surface area contributed by atoms with Crippen LogP contribution in [0.25, 0.3) is 0 Å². The van der Waals surface area contributed by atoms with Gasteiger partial charge in [0.1, 0.15) is 11.8 Å². The van der Waals surface area contributed by atoms with Crippen molar-refractivity contribution in [3.05, 3.63) is 24.3 Å². The lowest BCUT2D eigenvalue weighted by atomic mass is 10.2. The van der Waals surface area contributed by atoms with Crippen LogP contribution in [0.3, 0.4) is 0 Å². The van der Waals surface area contributed by atoms with E-state index in [2.05, 4.69) is 20.8 Å². The highest BCUT2D eigenvalue weighted by molar-refractivity contribution is 8.00. The average molecular weight is 449 g/mol. The minimum absolute atomic E-state index is 0.0825. The molecule has 2 heterocycles. The maximum Gasteiger partial charge on any atom is 0.248 e. The van der Waals surface area contributed by atoms with Gasteiger partial charge in [-0.15, -0.1) is 16.9 Å². The number of ether oxygens (including phenoxy) is 1. The van der Waals surface area contributed by atoms with Crippen molar-refractivity contribution in [2.75, 3.05) is 29.8 Å². The number of nitrogens with one attached hydrogen (secondary N) is 1. The number of tetrazole rings is 1. The van der Waals surface area contributed by atoms with Crippen LogP contribution in [0.4, 0.5) is 5.69 Å². The topological polar surface area (TPSA) is 102 Å². The van der Waals surface area contributed by atoms with Gasteiger partial charge in [-0.05, 0) is 47.5 Å². The third-order valence-corrected chi connectivity index (χ3v) is 7.25. The molecule has 11 heteroatoms. The number of carbonyl (C=O) groups excluding carboxylic acids is 2. The molecule has 1 saturated carbocycles. The number of hydrogen-bond donors (Lipinski definition) is 1. The number of benzene rings is 1. The zero-order chi connectivity index (χ0) is 20.9. The fourth-order valence-corrected chi connectivity index (χ4v) is 5.68. The molecule has 1 N–H and O–H groups in total. The number of thioether (sulfide) groups is 2. The van der Waals surface area contributed by atoms with E-state index in [1.165, 1.54) is 24.6 Å². The van der Waals surface area contributed by atoms with Gasteiger partial charge in [-0.1, -0.05) is 24.6 Å². The van der Waals surface area contributed by atoms with Crippen molar-refractivity contribution in [2.24, 2.45) is 0 Å². The Morgan fingerprint density at radius 2 is 2.03 bits per heavy atom. The zero-order valence-corrected chi connectivity index (χ0v) is 18.3. The van der Waals surface area contributed by atoms with E-state index in [9.17, 15) is 9.59 Å². The number of carbonyl (C=O) groups is 2. The van der Waals surface area contributed by atoms with Crippen LogP contribution >= 0.6 is 23.5 Å². The van der Waals surface area contributed by atoms with Gasteiger partial charge in [-0.25, -0.2) is 4.68 Å². The predicted octanol–water partition coefficient (Wildman–Crippen LogP) is 2.43. The molecule has 1 atom stereocenters. The molecule has 160 valence electrons. The first-order chi connectivity index (χ1) is 14.7. The zero-order valence-electron chi connectivity index (χ0n) is 16.7. The maximum absolute atomic E-state index is 12.8. The van der Waals surface area contributed by atoms with Gasteiger partial charge in [-0.3, -0.25) is 9.59 Å². The molecular formula is C19H24N6O3S2. The van der Waals surface area contributed by atoms with E-state index in [1.54, 1.807) is 48.0 Å². The molecule has 1 saturated heterocycles. The van der Waals surface area contributed by atoms with Crippen LogP contribution in [-0.4, -0.2) is 67.5 Å². The van der Waals surface area contributed by atoms with E-state index < -0.39 is 6.04 Å². The predicted molar refractivity (Wildman–Crippen MR) is 116 cm³/mol. The molecule has 1 aliphatic carbocycles. The summed E-state index contributed by atoms with van der Waals surface area (Å²) in [4.78, 5) is 27.2. The molecule has 1 unspecified atom stereocenters. The fourth-order valence-electron chi connectivity index (χ4n) is 3.67. The van der Waals surface area contributed by atoms with E-state index in [1.807, 2.05) is 4.68 Å². The quantitative estimate of drug-likeness (QED) is 0.645. The van der Waals surface area contributed by atoms with Gasteiger partial charge in [0.05, 0.1) is 24.8 Å². The molecular weight excluding hydrogens is 424 g/mol. The van der Waals surface area contributed by atoms with Crippen LogP contribution in [0.5, 0.6) is 5.75 Å². The third kappa shape index (κ3) is 4.72. The number of aromatic nitrogens is 4. The summed E-state index contributed by atoms with van der Waals surface area (Å²) in [6, 6.07) is 6.96. The van der Waals surface area contributed by atoms with Gasteiger partial charge in [0.2, 0.25) is 17.0 Å². The summed E-state index contributed by atoms with van der Waals surface area (Å²) in [7, 11) is 1.59. The number of rotatable bonds is 7. The molecule has 2 fully saturated rings. The summed E-state index contributed by atoms with van der Waals surface area (Å²) >= 11 is 2.92. The lowest BCUT2D eigenvalue weighted by Gasteiger charge is -2.23. The second-order valence-corrected chi connectivity index (χ2v) is 9.17. The van der Waals surface area contributed by atoms with Crippen molar-refractivity contribution in [2.45, 2.75) is 42.9 Å². The highest BCUT2D eigenvalue weighted by atomic mass is 32.2. The minimum atomic E-state index is -0.490. The van der Waals surface area contributed by atoms with E-state index in [0.717, 1.165) is 18.6 Å². The lowest BCUT2D eigenvalue weighted by Crippen LogP contribution is -2.45. The van der Waals surface area contributed by atoms with Crippen LogP contribution in [-0.2, 0) is 9.59 Å². The van der Waals surface area contributed by atoms with E-state index in [0.29, 0.717) is 28.5 Å². The Balaban J connectivity index is 1.34. The summed E-state index contributed by atoms with van der Waals surface area (Å²) in [5.74, 6) is 1.75. The first-order valence-electron chi connectivity index (χ1n) is 9.88. The van der Waals surface area contributed by atoms with E-state index in [4.69, 9.17) is 4.74 Å². The number of nitrogens with zero attached hydrogens (tertiary/aromatic N) is 5. The molecule has 2 amide bonds. The number of hydrogen-bond acceptors (Lipinski definition) is 8. The minimum Gasteiger partial charge on any atom is -0.497 e. The Morgan fingerprint density at radius 3 is 2.77 bits per heavy atom. The van der Waals surface area contributed by atoms with Crippen LogP contribution < -0.4 is 10.1 Å². The van der Waals surface area contributed by atoms with Crippen molar-refractivity contribution in [3.63, 3.8) is 0 Å². The standard InChI is InChI=1S/C19H24N6O3S2/c1-28-15-8-6-13(7-9-15)20-18(27)16-10-29-12-24(16)17(26)11-30-19-21-22-23-25(19)14-4-2-3-5-14/h6-9,14,16H,2-5,10-12H2,1H3,(H,20,27). The van der Waals surface area contributed by atoms with Gasteiger partial charge in [0.25, 0.3) is 0 Å². The SMILES string of the molecule is COc1ccc(NC(=O)C2CSCN2C(=O)CSc2nnnn2C2CCCC2)cc1. The molecule has 4 rings (SSSR count). The summed E-state index contributed by atoms with van der Waals surface area (Å²) in [5.41, 5.74) is 0.676. The molecule has 0 spiro atoms. The fraction of sp³-hybridized carbons (Fsp3) is 0.526. The molecule has 0 radical (unpaired) electrons. The maximum atomic E-state index is 12.8. The van der Waals surface area contributed by atoms with Crippen LogP contribution in [0.2, 0.25) is 0 Å². The van der Waals surface area contributed by atoms with Crippen molar-refractivity contribution < 1.29 is 14.3 Å². The average Bonchev–Trinajstić information content (AvgIpc) is 3.53. The monoisotopic (exact) mass is 448 g/mol. The number of amides is 2. The number of methoxy groups -OCH3 is 1. The molecule has 1 aromatic heterocycles. The van der Waals surface area contributed by atoms with E-state index in [-0.39, 0.29) is 17.6 Å². The Kier molecular flexibility index (Phi) is 6.78. The van der Waals surface area contributed by atoms with Crippen LogP contribution in [0.15, 0.2) is 29.4 Å². The second-order valence-electron chi connectivity index (χ2n) is 7.23. The Morgan fingerprint density at radius 1 is 1.27 bits per heavy atom. The van der Waals surface area contributed by atoms with E-state index >= 15 is 0 Å². The van der Waals surface area contributed by atoms with Crippen molar-refractivity contribution in [1.82, 2.24) is 25.1 Å². The Bertz CT molecular complexity index is 885. The first kappa shape index (κ1) is 21.0. The van der Waals surface area contributed by atoms with Gasteiger partial charge < -0.3 is 15.0 Å². The van der Waals surface area contributed by atoms with Crippen molar-refractivity contribution in [3.8, 4) is 5.75 Å². The molecule has 1 aliphatic heterocycles. The highest BCUT2D eigenvalue weighted by Gasteiger charge is 2.35. The second kappa shape index (κ2) is 9.69. The molecule has 9 nitrogen and oxygen atoms in total. The normalized spacial score (nSPS) is 19.2. The Labute approximate surface area is 183 Å². The van der Waals surface area contributed by atoms with Crippen LogP contribution in [0.1, 0.15) is 31.7 Å². The van der Waals surface area contributed by atoms with Gasteiger partial charge in [0.15, 0.2) is 0 Å². The largest absolute Gasteiger partial charge is 0.497 e. The van der Waals surface area contributed by atoms with Gasteiger partial charge >= 0.3 is 0 Å². The summed E-state index contributed by atoms with van der Waals surface area (Å²) in [6.07, 6.45) is 4.51. The smallest absolute Gasteiger partial charge is 0.248 e. The number of anilines is 1. The van der Waals surface area contributed by atoms with Crippen LogP contribution in [0, 0.1) is 0 Å². The van der Waals surface area contributed by atoms with Gasteiger partial charge in [0, 0.05) is 11.4 Å². The summed E-state index contributed by atoms with van der Waals surface area (Å²) < 4.78 is 6.98. The molecule has 0 bridgehead atoms. The van der Waals surface area contributed by atoms with Crippen molar-refractivity contribution in [1.29, 1.82) is 0 Å². The lowest BCUT2D eigenvalue weighted by molar-refractivity contribution is -0.134. The molecule has 2 aromatic rings. The first-order valence-corrected chi connectivity index (χ1v) is 12.0. The molecule has 1 aromatic carbocycles. The van der Waals surface area contributed by atoms with Gasteiger partial charge in [-0.2, -0.15) is 0 Å². The van der Waals surface area contributed by atoms with Crippen molar-refractivity contribution >= 4 is 41.0 Å². The summed E-state index contributed by atoms with van der Waals surface area (Å²) in [5, 5.41) is 15.5. The third-order valence-electron chi connectivity index (χ3n) is 5.32.